The van der Waals surface area contributed by atoms with Crippen molar-refractivity contribution in [2.24, 2.45) is 0 Å². The first-order valence-electron chi connectivity index (χ1n) is 8.85. The van der Waals surface area contributed by atoms with Gasteiger partial charge in [0.2, 0.25) is 0 Å². The minimum Gasteiger partial charge on any atom is -0.496 e. The van der Waals surface area contributed by atoms with E-state index < -0.39 is 11.5 Å². The Morgan fingerprint density at radius 3 is 2.81 bits per heavy atom. The molecule has 1 unspecified atom stereocenters. The van der Waals surface area contributed by atoms with Crippen LogP contribution in [0.2, 0.25) is 0 Å². The van der Waals surface area contributed by atoms with Crippen LogP contribution in [0.3, 0.4) is 0 Å². The summed E-state index contributed by atoms with van der Waals surface area (Å²) in [6.45, 7) is 3.83. The van der Waals surface area contributed by atoms with Crippen molar-refractivity contribution >= 4 is 18.3 Å². The molecule has 2 heterocycles. The molecule has 1 aromatic carbocycles. The lowest BCUT2D eigenvalue weighted by atomic mass is 9.95. The molecule has 1 aliphatic heterocycles. The molecule has 6 nitrogen and oxygen atoms in total. The number of hydrogen-bond donors (Lipinski definition) is 2. The number of benzene rings is 1. The average Bonchev–Trinajstić information content (AvgIpc) is 2.66. The third-order valence-electron chi connectivity index (χ3n) is 4.73. The van der Waals surface area contributed by atoms with Crippen LogP contribution in [-0.4, -0.2) is 26.1 Å². The van der Waals surface area contributed by atoms with Crippen LogP contribution >= 0.6 is 12.4 Å². The van der Waals surface area contributed by atoms with Crippen molar-refractivity contribution in [2.75, 3.05) is 20.2 Å². The normalized spacial score (nSPS) is 16.3. The van der Waals surface area contributed by atoms with Crippen molar-refractivity contribution in [3.63, 3.8) is 0 Å². The van der Waals surface area contributed by atoms with E-state index in [1.54, 1.807) is 14.0 Å². The summed E-state index contributed by atoms with van der Waals surface area (Å²) in [7, 11) is 1.58. The van der Waals surface area contributed by atoms with Gasteiger partial charge in [0, 0.05) is 24.6 Å². The van der Waals surface area contributed by atoms with Crippen LogP contribution in [0.4, 0.5) is 0 Å². The summed E-state index contributed by atoms with van der Waals surface area (Å²) in [6.07, 6.45) is 2.03. The Labute approximate surface area is 164 Å². The third kappa shape index (κ3) is 4.90. The molecular formula is C20H25ClN2O4. The Kier molecular flexibility index (Phi) is 7.45. The van der Waals surface area contributed by atoms with E-state index in [0.29, 0.717) is 17.1 Å². The zero-order valence-electron chi connectivity index (χ0n) is 15.5. The molecule has 2 N–H and O–H groups in total. The lowest BCUT2D eigenvalue weighted by molar-refractivity contribution is 0.0945. The number of hydrogen-bond acceptors (Lipinski definition) is 5. The maximum absolute atomic E-state index is 12.5. The SMILES string of the molecule is COc1ccccc1CNC(=O)c1c(C)cc(C2CCCNC2)oc1=O.Cl. The van der Waals surface area contributed by atoms with Gasteiger partial charge in [-0.25, -0.2) is 4.79 Å². The van der Waals surface area contributed by atoms with Gasteiger partial charge in [0.05, 0.1) is 7.11 Å². The summed E-state index contributed by atoms with van der Waals surface area (Å²) in [5.74, 6) is 1.09. The fourth-order valence-corrected chi connectivity index (χ4v) is 3.31. The van der Waals surface area contributed by atoms with E-state index in [4.69, 9.17) is 9.15 Å². The standard InChI is InChI=1S/C20H24N2O4.ClH/c1-13-10-17(14-7-5-9-21-11-14)26-20(24)18(13)19(23)22-12-15-6-3-4-8-16(15)25-2;/h3-4,6,8,10,14,21H,5,7,9,11-12H2,1-2H3,(H,22,23);1H. The largest absolute Gasteiger partial charge is 0.496 e. The number of ether oxygens (including phenoxy) is 1. The molecule has 0 bridgehead atoms. The average molecular weight is 393 g/mol. The van der Waals surface area contributed by atoms with E-state index in [2.05, 4.69) is 10.6 Å². The molecule has 1 atom stereocenters. The van der Waals surface area contributed by atoms with Crippen molar-refractivity contribution in [2.45, 2.75) is 32.2 Å². The van der Waals surface area contributed by atoms with Gasteiger partial charge in [-0.2, -0.15) is 0 Å². The molecule has 0 radical (unpaired) electrons. The molecular weight excluding hydrogens is 368 g/mol. The first-order chi connectivity index (χ1) is 12.6. The zero-order valence-corrected chi connectivity index (χ0v) is 16.4. The van der Waals surface area contributed by atoms with Gasteiger partial charge in [-0.15, -0.1) is 12.4 Å². The monoisotopic (exact) mass is 392 g/mol. The molecule has 0 aliphatic carbocycles. The summed E-state index contributed by atoms with van der Waals surface area (Å²) < 4.78 is 10.7. The van der Waals surface area contributed by atoms with E-state index >= 15 is 0 Å². The van der Waals surface area contributed by atoms with Gasteiger partial charge >= 0.3 is 5.63 Å². The van der Waals surface area contributed by atoms with Crippen LogP contribution in [-0.2, 0) is 6.54 Å². The predicted molar refractivity (Wildman–Crippen MR) is 106 cm³/mol. The quantitative estimate of drug-likeness (QED) is 0.817. The predicted octanol–water partition coefficient (Wildman–Crippen LogP) is 2.78. The summed E-state index contributed by atoms with van der Waals surface area (Å²) in [6, 6.07) is 9.25. The second-order valence-corrected chi connectivity index (χ2v) is 6.53. The second-order valence-electron chi connectivity index (χ2n) is 6.53. The molecule has 0 spiro atoms. The number of nitrogens with one attached hydrogen (secondary N) is 2. The van der Waals surface area contributed by atoms with Crippen LogP contribution in [0, 0.1) is 6.92 Å². The molecule has 27 heavy (non-hydrogen) atoms. The van der Waals surface area contributed by atoms with Crippen LogP contribution in [0.5, 0.6) is 5.75 Å². The molecule has 3 rings (SSSR count). The van der Waals surface area contributed by atoms with Gasteiger partial charge in [-0.1, -0.05) is 18.2 Å². The smallest absolute Gasteiger partial charge is 0.349 e. The number of piperidine rings is 1. The van der Waals surface area contributed by atoms with Gasteiger partial charge < -0.3 is 19.8 Å². The summed E-state index contributed by atoms with van der Waals surface area (Å²) in [5, 5.41) is 6.09. The maximum Gasteiger partial charge on any atom is 0.349 e. The highest BCUT2D eigenvalue weighted by molar-refractivity contribution is 5.95. The minimum absolute atomic E-state index is 0. The number of halogens is 1. The molecule has 0 saturated carbocycles. The highest BCUT2D eigenvalue weighted by Gasteiger charge is 2.22. The Morgan fingerprint density at radius 1 is 1.37 bits per heavy atom. The van der Waals surface area contributed by atoms with Crippen molar-refractivity contribution in [1.29, 1.82) is 0 Å². The van der Waals surface area contributed by atoms with Gasteiger partial charge in [-0.3, -0.25) is 4.79 Å². The number of aryl methyl sites for hydroxylation is 1. The number of carbonyl (C=O) groups is 1. The van der Waals surface area contributed by atoms with Crippen molar-refractivity contribution < 1.29 is 13.9 Å². The molecule has 1 aromatic heterocycles. The Balaban J connectivity index is 0.00000261. The van der Waals surface area contributed by atoms with E-state index in [0.717, 1.165) is 31.5 Å². The Hall–Kier alpha value is -2.31. The fraction of sp³-hybridized carbons (Fsp3) is 0.400. The highest BCUT2D eigenvalue weighted by Crippen LogP contribution is 2.23. The fourth-order valence-electron chi connectivity index (χ4n) is 3.31. The number of para-hydroxylation sites is 1. The maximum atomic E-state index is 12.5. The first kappa shape index (κ1) is 21.0. The first-order valence-corrected chi connectivity index (χ1v) is 8.85. The van der Waals surface area contributed by atoms with Crippen molar-refractivity contribution in [3.8, 4) is 5.75 Å². The number of amides is 1. The van der Waals surface area contributed by atoms with Crippen LogP contribution in [0.1, 0.15) is 46.0 Å². The number of methoxy groups -OCH3 is 1. The van der Waals surface area contributed by atoms with Gasteiger partial charge in [0.15, 0.2) is 0 Å². The van der Waals surface area contributed by atoms with Crippen LogP contribution < -0.4 is 21.0 Å². The second kappa shape index (κ2) is 9.58. The Bertz CT molecular complexity index is 844. The topological polar surface area (TPSA) is 80.6 Å². The molecule has 2 aromatic rings. The summed E-state index contributed by atoms with van der Waals surface area (Å²) in [5.41, 5.74) is 0.963. The molecule has 146 valence electrons. The van der Waals surface area contributed by atoms with Crippen molar-refractivity contribution in [1.82, 2.24) is 10.6 Å². The summed E-state index contributed by atoms with van der Waals surface area (Å²) in [4.78, 5) is 24.9. The molecule has 7 heteroatoms. The minimum atomic E-state index is -0.580. The number of rotatable bonds is 5. The van der Waals surface area contributed by atoms with E-state index in [-0.39, 0.29) is 30.4 Å². The lowest BCUT2D eigenvalue weighted by Gasteiger charge is -2.22. The molecule has 1 saturated heterocycles. The van der Waals surface area contributed by atoms with E-state index in [9.17, 15) is 9.59 Å². The van der Waals surface area contributed by atoms with Crippen molar-refractivity contribution in [3.05, 3.63) is 63.2 Å². The zero-order chi connectivity index (χ0) is 18.5. The summed E-state index contributed by atoms with van der Waals surface area (Å²) >= 11 is 0. The third-order valence-corrected chi connectivity index (χ3v) is 4.73. The van der Waals surface area contributed by atoms with E-state index in [1.807, 2.05) is 30.3 Å². The van der Waals surface area contributed by atoms with Gasteiger partial charge in [-0.05, 0) is 44.0 Å². The van der Waals surface area contributed by atoms with Crippen LogP contribution in [0.25, 0.3) is 0 Å². The number of carbonyl (C=O) groups excluding carboxylic acids is 1. The molecule has 1 fully saturated rings. The van der Waals surface area contributed by atoms with Crippen LogP contribution in [0.15, 0.2) is 39.5 Å². The lowest BCUT2D eigenvalue weighted by Crippen LogP contribution is -2.31. The van der Waals surface area contributed by atoms with E-state index in [1.165, 1.54) is 0 Å². The Morgan fingerprint density at radius 2 is 2.15 bits per heavy atom. The highest BCUT2D eigenvalue weighted by atomic mass is 35.5. The van der Waals surface area contributed by atoms with Gasteiger partial charge in [0.1, 0.15) is 17.1 Å². The van der Waals surface area contributed by atoms with Gasteiger partial charge in [0.25, 0.3) is 5.91 Å². The molecule has 1 aliphatic rings. The molecule has 1 amide bonds.